The number of carbonyl (C=O) groups is 1. The average Bonchev–Trinajstić information content (AvgIpc) is 2.46. The van der Waals surface area contributed by atoms with Gasteiger partial charge in [0.15, 0.2) is 6.61 Å². The Hall–Kier alpha value is -1.93. The number of hydrogen-bond donors (Lipinski definition) is 0. The molecule has 0 heterocycles. The molecule has 2 rings (SSSR count). The topological polar surface area (TPSA) is 78.7 Å². The van der Waals surface area contributed by atoms with Gasteiger partial charge >= 0.3 is 5.97 Å². The fraction of sp³-hybridized carbons (Fsp3) is 0.0714. The number of rotatable bonds is 5. The van der Waals surface area contributed by atoms with Crippen LogP contribution in [-0.4, -0.2) is 17.5 Å². The minimum atomic E-state index is -0.657. The second-order valence-corrected chi connectivity index (χ2v) is 5.86. The number of carbonyl (C=O) groups excluding carboxylic acids is 1. The molecule has 0 unspecified atom stereocenters. The van der Waals surface area contributed by atoms with Gasteiger partial charge in [0.2, 0.25) is 0 Å². The lowest BCUT2D eigenvalue weighted by Crippen LogP contribution is -2.17. The van der Waals surface area contributed by atoms with Crippen molar-refractivity contribution >= 4 is 43.5 Å². The molecule has 0 aliphatic heterocycles. The molecule has 0 aromatic heterocycles. The minimum absolute atomic E-state index is 0.0951. The van der Waals surface area contributed by atoms with Crippen LogP contribution in [0, 0.1) is 10.1 Å². The van der Waals surface area contributed by atoms with E-state index in [-0.39, 0.29) is 18.0 Å². The van der Waals surface area contributed by atoms with Crippen molar-refractivity contribution < 1.29 is 19.2 Å². The maximum absolute atomic E-state index is 11.7. The lowest BCUT2D eigenvalue weighted by molar-refractivity contribution is -0.384. The number of nitro benzene ring substituents is 1. The Bertz CT molecular complexity index is 720. The molecule has 6 nitrogen and oxygen atoms in total. The molecule has 0 N–H and O–H groups in total. The van der Waals surface area contributed by atoms with E-state index in [1.54, 1.807) is 18.2 Å². The molecule has 0 atom stereocenters. The third-order valence-corrected chi connectivity index (χ3v) is 3.61. The molecular formula is C14H9Br2NO5. The quantitative estimate of drug-likeness (QED) is 0.308. The minimum Gasteiger partial charge on any atom is -0.481 e. The van der Waals surface area contributed by atoms with Crippen LogP contribution in [-0.2, 0) is 4.79 Å². The van der Waals surface area contributed by atoms with Crippen LogP contribution in [0.15, 0.2) is 51.4 Å². The van der Waals surface area contributed by atoms with E-state index in [2.05, 4.69) is 31.9 Å². The molecule has 0 fully saturated rings. The van der Waals surface area contributed by atoms with Crippen LogP contribution in [0.1, 0.15) is 0 Å². The summed E-state index contributed by atoms with van der Waals surface area (Å²) < 4.78 is 11.9. The molecule has 0 amide bonds. The third-order valence-electron chi connectivity index (χ3n) is 2.50. The second kappa shape index (κ2) is 7.37. The van der Waals surface area contributed by atoms with Gasteiger partial charge in [-0.1, -0.05) is 22.0 Å². The Morgan fingerprint density at radius 3 is 2.64 bits per heavy atom. The summed E-state index contributed by atoms with van der Waals surface area (Å²) in [5.74, 6) is -0.0767. The zero-order valence-corrected chi connectivity index (χ0v) is 14.2. The Labute approximate surface area is 142 Å². The number of hydrogen-bond acceptors (Lipinski definition) is 5. The number of non-ortho nitro benzene ring substituents is 1. The van der Waals surface area contributed by atoms with Gasteiger partial charge in [0.05, 0.1) is 15.5 Å². The molecule has 2 aromatic rings. The van der Waals surface area contributed by atoms with Crippen molar-refractivity contribution in [3.8, 4) is 11.5 Å². The van der Waals surface area contributed by atoms with E-state index in [9.17, 15) is 14.9 Å². The monoisotopic (exact) mass is 429 g/mol. The fourth-order valence-corrected chi connectivity index (χ4v) is 2.71. The van der Waals surface area contributed by atoms with E-state index in [1.165, 1.54) is 24.3 Å². The zero-order valence-electron chi connectivity index (χ0n) is 11.0. The maximum atomic E-state index is 11.7. The van der Waals surface area contributed by atoms with Crippen LogP contribution in [0.3, 0.4) is 0 Å². The van der Waals surface area contributed by atoms with Crippen molar-refractivity contribution in [1.29, 1.82) is 0 Å². The van der Waals surface area contributed by atoms with Crippen LogP contribution in [0.4, 0.5) is 5.69 Å². The van der Waals surface area contributed by atoms with Crippen LogP contribution < -0.4 is 9.47 Å². The van der Waals surface area contributed by atoms with Gasteiger partial charge < -0.3 is 9.47 Å². The van der Waals surface area contributed by atoms with E-state index in [4.69, 9.17) is 9.47 Å². The predicted octanol–water partition coefficient (Wildman–Crippen LogP) is 4.10. The standard InChI is InChI=1S/C14H9Br2NO5/c15-9-4-5-13(12(16)6-9)21-8-14(18)22-11-3-1-2-10(7-11)17(19)20/h1-7H,8H2. The van der Waals surface area contributed by atoms with Gasteiger partial charge in [-0.3, -0.25) is 10.1 Å². The molecule has 0 bridgehead atoms. The molecule has 114 valence electrons. The van der Waals surface area contributed by atoms with Gasteiger partial charge in [0, 0.05) is 10.5 Å². The van der Waals surface area contributed by atoms with Crippen LogP contribution in [0.2, 0.25) is 0 Å². The first-order valence-electron chi connectivity index (χ1n) is 5.98. The first kappa shape index (κ1) is 16.4. The second-order valence-electron chi connectivity index (χ2n) is 4.09. The normalized spacial score (nSPS) is 10.1. The molecule has 0 saturated carbocycles. The Morgan fingerprint density at radius 1 is 1.18 bits per heavy atom. The summed E-state index contributed by atoms with van der Waals surface area (Å²) in [6.07, 6.45) is 0. The van der Waals surface area contributed by atoms with Crippen molar-refractivity contribution in [3.63, 3.8) is 0 Å². The summed E-state index contributed by atoms with van der Waals surface area (Å²) in [7, 11) is 0. The first-order chi connectivity index (χ1) is 10.5. The van der Waals surface area contributed by atoms with Crippen LogP contribution in [0.5, 0.6) is 11.5 Å². The number of esters is 1. The number of nitrogens with zero attached hydrogens (tertiary/aromatic N) is 1. The van der Waals surface area contributed by atoms with E-state index >= 15 is 0 Å². The largest absolute Gasteiger partial charge is 0.481 e. The molecule has 0 aliphatic rings. The summed E-state index contributed by atoms with van der Waals surface area (Å²) in [6, 6.07) is 10.6. The van der Waals surface area contributed by atoms with Crippen molar-refractivity contribution in [2.24, 2.45) is 0 Å². The SMILES string of the molecule is O=C(COc1ccc(Br)cc1Br)Oc1cccc([N+](=O)[O-])c1. The summed E-state index contributed by atoms with van der Waals surface area (Å²) >= 11 is 6.61. The van der Waals surface area contributed by atoms with Crippen LogP contribution >= 0.6 is 31.9 Å². The summed E-state index contributed by atoms with van der Waals surface area (Å²) in [4.78, 5) is 21.8. The molecule has 0 aliphatic carbocycles. The highest BCUT2D eigenvalue weighted by molar-refractivity contribution is 9.11. The highest BCUT2D eigenvalue weighted by Gasteiger charge is 2.11. The predicted molar refractivity (Wildman–Crippen MR) is 86.1 cm³/mol. The zero-order chi connectivity index (χ0) is 16.1. The van der Waals surface area contributed by atoms with Gasteiger partial charge in [-0.05, 0) is 40.2 Å². The molecule has 22 heavy (non-hydrogen) atoms. The van der Waals surface area contributed by atoms with E-state index in [0.717, 1.165) is 4.47 Å². The van der Waals surface area contributed by atoms with E-state index in [1.807, 2.05) is 0 Å². The Morgan fingerprint density at radius 2 is 1.95 bits per heavy atom. The fourth-order valence-electron chi connectivity index (χ4n) is 1.55. The Kier molecular flexibility index (Phi) is 5.51. The van der Waals surface area contributed by atoms with Crippen molar-refractivity contribution in [2.45, 2.75) is 0 Å². The summed E-state index contributed by atoms with van der Waals surface area (Å²) in [6.45, 7) is -0.317. The van der Waals surface area contributed by atoms with Gasteiger partial charge in [-0.2, -0.15) is 0 Å². The molecule has 8 heteroatoms. The molecule has 0 radical (unpaired) electrons. The Balaban J connectivity index is 1.95. The van der Waals surface area contributed by atoms with Crippen molar-refractivity contribution in [1.82, 2.24) is 0 Å². The average molecular weight is 431 g/mol. The van der Waals surface area contributed by atoms with Gasteiger partial charge in [0.25, 0.3) is 5.69 Å². The highest BCUT2D eigenvalue weighted by atomic mass is 79.9. The van der Waals surface area contributed by atoms with E-state index in [0.29, 0.717) is 10.2 Å². The number of benzene rings is 2. The molecular weight excluding hydrogens is 422 g/mol. The van der Waals surface area contributed by atoms with Crippen molar-refractivity contribution in [3.05, 3.63) is 61.5 Å². The lowest BCUT2D eigenvalue weighted by atomic mass is 10.3. The van der Waals surface area contributed by atoms with Gasteiger partial charge in [0.1, 0.15) is 11.5 Å². The number of ether oxygens (including phenoxy) is 2. The molecule has 0 saturated heterocycles. The molecule has 0 spiro atoms. The van der Waals surface area contributed by atoms with Gasteiger partial charge in [-0.15, -0.1) is 0 Å². The van der Waals surface area contributed by atoms with Gasteiger partial charge in [-0.25, -0.2) is 4.79 Å². The number of nitro groups is 1. The van der Waals surface area contributed by atoms with E-state index < -0.39 is 10.9 Å². The maximum Gasteiger partial charge on any atom is 0.349 e. The lowest BCUT2D eigenvalue weighted by Gasteiger charge is -2.08. The van der Waals surface area contributed by atoms with Crippen molar-refractivity contribution in [2.75, 3.05) is 6.61 Å². The summed E-state index contributed by atoms with van der Waals surface area (Å²) in [5, 5.41) is 10.6. The smallest absolute Gasteiger partial charge is 0.349 e. The molecule has 2 aromatic carbocycles. The number of halogens is 2. The highest BCUT2D eigenvalue weighted by Crippen LogP contribution is 2.28. The van der Waals surface area contributed by atoms with Crippen LogP contribution in [0.25, 0.3) is 0 Å². The first-order valence-corrected chi connectivity index (χ1v) is 7.57. The summed E-state index contributed by atoms with van der Waals surface area (Å²) in [5.41, 5.74) is -0.151. The third kappa shape index (κ3) is 4.54.